The van der Waals surface area contributed by atoms with Crippen LogP contribution in [-0.2, 0) is 0 Å². The van der Waals surface area contributed by atoms with Gasteiger partial charge in [-0.2, -0.15) is 13.2 Å². The molecule has 0 unspecified atom stereocenters. The van der Waals surface area contributed by atoms with Gasteiger partial charge in [0.05, 0.1) is 0 Å². The second-order valence-corrected chi connectivity index (χ2v) is 2.06. The van der Waals surface area contributed by atoms with E-state index in [0.717, 1.165) is 0 Å². The van der Waals surface area contributed by atoms with Gasteiger partial charge in [0.2, 0.25) is 5.83 Å². The number of halogens is 4. The van der Waals surface area contributed by atoms with Crippen molar-refractivity contribution in [1.82, 2.24) is 0 Å². The van der Waals surface area contributed by atoms with Gasteiger partial charge in [-0.15, -0.1) is 0 Å². The molecule has 0 atom stereocenters. The van der Waals surface area contributed by atoms with Crippen LogP contribution in [0.25, 0.3) is 0 Å². The molecular weight excluding hydrogens is 174 g/mol. The van der Waals surface area contributed by atoms with E-state index in [9.17, 15) is 17.6 Å². The molecule has 0 bridgehead atoms. The van der Waals surface area contributed by atoms with Crippen LogP contribution >= 0.6 is 0 Å². The summed E-state index contributed by atoms with van der Waals surface area (Å²) in [5, 5.41) is 0. The molecule has 0 rings (SSSR count). The summed E-state index contributed by atoms with van der Waals surface area (Å²) in [5.74, 6) is -2.12. The van der Waals surface area contributed by atoms with Crippen LogP contribution in [0.4, 0.5) is 17.6 Å². The molecule has 0 amide bonds. The van der Waals surface area contributed by atoms with Crippen molar-refractivity contribution < 1.29 is 17.6 Å². The average molecular weight is 183 g/mol. The van der Waals surface area contributed by atoms with E-state index in [1.807, 2.05) is 0 Å². The fourth-order valence-electron chi connectivity index (χ4n) is 0.505. The molecule has 0 aromatic carbocycles. The Bertz CT molecular complexity index is 202. The van der Waals surface area contributed by atoms with Crippen LogP contribution < -0.4 is 5.73 Å². The van der Waals surface area contributed by atoms with E-state index in [-0.39, 0.29) is 12.1 Å². The lowest BCUT2D eigenvalue weighted by molar-refractivity contribution is -0.108. The van der Waals surface area contributed by atoms with Crippen LogP contribution in [0.1, 0.15) is 6.92 Å². The van der Waals surface area contributed by atoms with Gasteiger partial charge in [-0.25, -0.2) is 4.39 Å². The summed E-state index contributed by atoms with van der Waals surface area (Å²) in [6.45, 7) is 1.38. The van der Waals surface area contributed by atoms with Gasteiger partial charge in [-0.1, -0.05) is 6.08 Å². The lowest BCUT2D eigenvalue weighted by Crippen LogP contribution is -2.09. The molecule has 0 spiro atoms. The number of allylic oxidation sites excluding steroid dienone is 2. The van der Waals surface area contributed by atoms with Crippen molar-refractivity contribution in [2.45, 2.75) is 13.1 Å². The van der Waals surface area contributed by atoms with Crippen LogP contribution in [0.5, 0.6) is 0 Å². The van der Waals surface area contributed by atoms with Gasteiger partial charge >= 0.3 is 6.18 Å². The Morgan fingerprint density at radius 3 is 2.17 bits per heavy atom. The van der Waals surface area contributed by atoms with Crippen molar-refractivity contribution in [2.75, 3.05) is 6.54 Å². The quantitative estimate of drug-likeness (QED) is 0.516. The van der Waals surface area contributed by atoms with E-state index in [2.05, 4.69) is 0 Å². The molecule has 0 aliphatic rings. The molecule has 0 saturated carbocycles. The maximum Gasteiger partial charge on any atom is 0.442 e. The molecule has 0 aliphatic carbocycles. The van der Waals surface area contributed by atoms with Crippen molar-refractivity contribution in [3.63, 3.8) is 0 Å². The standard InChI is InChI=1S/C7H9F4N/c1-2-5(4-12)3-6(8)7(9,10)11/h2-3H,4,12H2,1H3/b5-2+,6-3-. The summed E-state index contributed by atoms with van der Waals surface area (Å²) < 4.78 is 46.9. The minimum absolute atomic E-state index is 0.111. The van der Waals surface area contributed by atoms with E-state index in [4.69, 9.17) is 5.73 Å². The Balaban J connectivity index is 4.56. The summed E-state index contributed by atoms with van der Waals surface area (Å²) in [6, 6.07) is 0. The molecule has 0 radical (unpaired) electrons. The van der Waals surface area contributed by atoms with E-state index in [1.54, 1.807) is 0 Å². The van der Waals surface area contributed by atoms with Crippen LogP contribution in [0.15, 0.2) is 23.6 Å². The summed E-state index contributed by atoms with van der Waals surface area (Å²) in [6.07, 6.45) is -3.20. The average Bonchev–Trinajstić information content (AvgIpc) is 1.97. The highest BCUT2D eigenvalue weighted by Crippen LogP contribution is 2.27. The van der Waals surface area contributed by atoms with Crippen LogP contribution in [0.3, 0.4) is 0 Å². The SMILES string of the molecule is C/C=C(\C=C(/F)C(F)(F)F)CN. The predicted octanol–water partition coefficient (Wildman–Crippen LogP) is 2.31. The topological polar surface area (TPSA) is 26.0 Å². The molecule has 0 aliphatic heterocycles. The number of nitrogens with two attached hydrogens (primary N) is 1. The number of hydrogen-bond acceptors (Lipinski definition) is 1. The first kappa shape index (κ1) is 11.2. The summed E-state index contributed by atoms with van der Waals surface area (Å²) in [7, 11) is 0. The normalized spacial score (nSPS) is 15.2. The minimum Gasteiger partial charge on any atom is -0.327 e. The fourth-order valence-corrected chi connectivity index (χ4v) is 0.505. The molecule has 70 valence electrons. The van der Waals surface area contributed by atoms with E-state index in [0.29, 0.717) is 6.08 Å². The van der Waals surface area contributed by atoms with E-state index in [1.165, 1.54) is 13.0 Å². The summed E-state index contributed by atoms with van der Waals surface area (Å²) in [4.78, 5) is 0. The molecule has 0 aromatic rings. The highest BCUT2D eigenvalue weighted by Gasteiger charge is 2.34. The van der Waals surface area contributed by atoms with Crippen molar-refractivity contribution in [3.8, 4) is 0 Å². The monoisotopic (exact) mass is 183 g/mol. The van der Waals surface area contributed by atoms with Gasteiger partial charge in [0.1, 0.15) is 0 Å². The third kappa shape index (κ3) is 3.52. The highest BCUT2D eigenvalue weighted by atomic mass is 19.4. The zero-order chi connectivity index (χ0) is 9.78. The molecule has 0 fully saturated rings. The molecule has 0 heterocycles. The third-order valence-corrected chi connectivity index (χ3v) is 1.19. The molecule has 2 N–H and O–H groups in total. The predicted molar refractivity (Wildman–Crippen MR) is 38.1 cm³/mol. The molecular formula is C7H9F4N. The third-order valence-electron chi connectivity index (χ3n) is 1.19. The second-order valence-electron chi connectivity index (χ2n) is 2.06. The fraction of sp³-hybridized carbons (Fsp3) is 0.429. The van der Waals surface area contributed by atoms with Gasteiger partial charge in [-0.3, -0.25) is 0 Å². The van der Waals surface area contributed by atoms with Gasteiger partial charge in [0, 0.05) is 6.54 Å². The number of alkyl halides is 3. The van der Waals surface area contributed by atoms with Crippen LogP contribution in [0, 0.1) is 0 Å². The van der Waals surface area contributed by atoms with E-state index < -0.39 is 12.0 Å². The molecule has 12 heavy (non-hydrogen) atoms. The largest absolute Gasteiger partial charge is 0.442 e. The maximum absolute atomic E-state index is 12.2. The van der Waals surface area contributed by atoms with Gasteiger partial charge in [0.15, 0.2) is 0 Å². The summed E-state index contributed by atoms with van der Waals surface area (Å²) >= 11 is 0. The Kier molecular flexibility index (Phi) is 3.95. The lowest BCUT2D eigenvalue weighted by Gasteiger charge is -2.03. The van der Waals surface area contributed by atoms with Crippen molar-refractivity contribution >= 4 is 0 Å². The number of rotatable bonds is 2. The van der Waals surface area contributed by atoms with Gasteiger partial charge in [0.25, 0.3) is 0 Å². The van der Waals surface area contributed by atoms with Gasteiger partial charge in [-0.05, 0) is 18.6 Å². The van der Waals surface area contributed by atoms with Crippen molar-refractivity contribution in [2.24, 2.45) is 5.73 Å². The zero-order valence-electron chi connectivity index (χ0n) is 6.45. The Hall–Kier alpha value is -0.840. The zero-order valence-corrected chi connectivity index (χ0v) is 6.45. The Morgan fingerprint density at radius 2 is 1.92 bits per heavy atom. The molecule has 0 aromatic heterocycles. The first-order chi connectivity index (χ1) is 5.41. The van der Waals surface area contributed by atoms with Crippen molar-refractivity contribution in [3.05, 3.63) is 23.6 Å². The Morgan fingerprint density at radius 1 is 1.42 bits per heavy atom. The van der Waals surface area contributed by atoms with Crippen molar-refractivity contribution in [1.29, 1.82) is 0 Å². The van der Waals surface area contributed by atoms with Gasteiger partial charge < -0.3 is 5.73 Å². The first-order valence-corrected chi connectivity index (χ1v) is 3.21. The van der Waals surface area contributed by atoms with Crippen LogP contribution in [-0.4, -0.2) is 12.7 Å². The molecule has 0 saturated heterocycles. The highest BCUT2D eigenvalue weighted by molar-refractivity contribution is 5.23. The Labute approximate surface area is 67.6 Å². The summed E-state index contributed by atoms with van der Waals surface area (Å²) in [5.41, 5.74) is 5.14. The first-order valence-electron chi connectivity index (χ1n) is 3.21. The van der Waals surface area contributed by atoms with E-state index >= 15 is 0 Å². The maximum atomic E-state index is 12.2. The lowest BCUT2D eigenvalue weighted by atomic mass is 10.2. The molecule has 5 heteroatoms. The second kappa shape index (κ2) is 4.25. The smallest absolute Gasteiger partial charge is 0.327 e. The molecule has 1 nitrogen and oxygen atoms in total. The van der Waals surface area contributed by atoms with Crippen LogP contribution in [0.2, 0.25) is 0 Å². The minimum atomic E-state index is -4.91. The number of hydrogen-bond donors (Lipinski definition) is 1.